The summed E-state index contributed by atoms with van der Waals surface area (Å²) in [6.45, 7) is 0.984. The van der Waals surface area contributed by atoms with Crippen molar-refractivity contribution in [3.63, 3.8) is 0 Å². The summed E-state index contributed by atoms with van der Waals surface area (Å²) in [7, 11) is 3.13. The van der Waals surface area contributed by atoms with Crippen molar-refractivity contribution in [2.45, 2.75) is 12.8 Å². The highest BCUT2D eigenvalue weighted by Gasteiger charge is 2.22. The van der Waals surface area contributed by atoms with Gasteiger partial charge >= 0.3 is 0 Å². The highest BCUT2D eigenvalue weighted by molar-refractivity contribution is 6.03. The second-order valence-corrected chi connectivity index (χ2v) is 7.65. The maximum absolute atomic E-state index is 12.6. The fourth-order valence-electron chi connectivity index (χ4n) is 3.64. The van der Waals surface area contributed by atoms with E-state index in [2.05, 4.69) is 25.9 Å². The number of benzene rings is 2. The summed E-state index contributed by atoms with van der Waals surface area (Å²) in [5.41, 5.74) is 9.13. The van der Waals surface area contributed by atoms with Crippen molar-refractivity contribution in [1.82, 2.24) is 15.3 Å². The Balaban J connectivity index is 1.69. The molecular weight excluding hydrogens is 436 g/mol. The number of nitrogens with two attached hydrogens (primary N) is 1. The smallest absolute Gasteiger partial charge is 0.251 e. The first-order valence-corrected chi connectivity index (χ1v) is 10.8. The van der Waals surface area contributed by atoms with E-state index in [-0.39, 0.29) is 18.2 Å². The number of aromatic nitrogens is 2. The molecule has 0 atom stereocenters. The first-order chi connectivity index (χ1) is 16.5. The van der Waals surface area contributed by atoms with Gasteiger partial charge in [0.2, 0.25) is 11.9 Å². The van der Waals surface area contributed by atoms with Crippen LogP contribution in [0, 0.1) is 0 Å². The predicted molar refractivity (Wildman–Crippen MR) is 129 cm³/mol. The van der Waals surface area contributed by atoms with Crippen LogP contribution >= 0.6 is 0 Å². The van der Waals surface area contributed by atoms with Gasteiger partial charge in [-0.25, -0.2) is 9.97 Å². The standard InChI is InChI=1S/C24H26N6O4/c1-33-19-7-5-16(12-20(19)34-2)28-24-27-13-15-11-21(31)29-18-6-4-14(10-17(18)22(15)30-24)23(32)26-9-3-8-25/h4-7,10,12-13H,3,8-9,11,25H2,1-2H3,(H,26,32)(H,29,31)(H,27,28,30). The number of ether oxygens (including phenoxy) is 2. The van der Waals surface area contributed by atoms with Crippen LogP contribution in [0.15, 0.2) is 42.6 Å². The number of hydrogen-bond donors (Lipinski definition) is 4. The lowest BCUT2D eigenvalue weighted by Gasteiger charge is -2.13. The number of fused-ring (bicyclic) bond motifs is 3. The van der Waals surface area contributed by atoms with Gasteiger partial charge in [-0.3, -0.25) is 9.59 Å². The molecule has 34 heavy (non-hydrogen) atoms. The van der Waals surface area contributed by atoms with Gasteiger partial charge in [0.15, 0.2) is 11.5 Å². The molecule has 0 radical (unpaired) electrons. The maximum atomic E-state index is 12.6. The monoisotopic (exact) mass is 462 g/mol. The molecule has 0 spiro atoms. The third kappa shape index (κ3) is 4.91. The third-order valence-electron chi connectivity index (χ3n) is 5.33. The van der Waals surface area contributed by atoms with E-state index in [1.165, 1.54) is 0 Å². The van der Waals surface area contributed by atoms with Crippen LogP contribution in [-0.4, -0.2) is 49.1 Å². The summed E-state index contributed by atoms with van der Waals surface area (Å²) < 4.78 is 10.6. The number of nitrogens with zero attached hydrogens (tertiary/aromatic N) is 2. The number of methoxy groups -OCH3 is 2. The van der Waals surface area contributed by atoms with Crippen LogP contribution in [0.5, 0.6) is 11.5 Å². The van der Waals surface area contributed by atoms with Gasteiger partial charge in [0.05, 0.1) is 32.0 Å². The number of hydrogen-bond acceptors (Lipinski definition) is 8. The van der Waals surface area contributed by atoms with E-state index >= 15 is 0 Å². The molecule has 0 saturated carbocycles. The van der Waals surface area contributed by atoms with Crippen LogP contribution in [-0.2, 0) is 11.2 Å². The molecule has 1 aromatic heterocycles. The van der Waals surface area contributed by atoms with Crippen LogP contribution < -0.4 is 31.2 Å². The van der Waals surface area contributed by atoms with E-state index in [4.69, 9.17) is 15.2 Å². The van der Waals surface area contributed by atoms with Crippen LogP contribution in [0.4, 0.5) is 17.3 Å². The molecule has 0 fully saturated rings. The van der Waals surface area contributed by atoms with Gasteiger partial charge in [0.1, 0.15) is 0 Å². The average Bonchev–Trinajstić information content (AvgIpc) is 2.98. The van der Waals surface area contributed by atoms with Crippen molar-refractivity contribution in [3.05, 3.63) is 53.7 Å². The fraction of sp³-hybridized carbons (Fsp3) is 0.250. The van der Waals surface area contributed by atoms with E-state index in [1.807, 2.05) is 6.07 Å². The number of nitrogens with one attached hydrogen (secondary N) is 3. The number of rotatable bonds is 8. The molecule has 10 heteroatoms. The van der Waals surface area contributed by atoms with Crippen molar-refractivity contribution in [2.24, 2.45) is 5.73 Å². The molecular formula is C24H26N6O4. The Morgan fingerprint density at radius 2 is 1.97 bits per heavy atom. The van der Waals surface area contributed by atoms with E-state index < -0.39 is 0 Å². The molecule has 3 aromatic rings. The molecule has 4 rings (SSSR count). The van der Waals surface area contributed by atoms with Gasteiger partial charge in [0, 0.05) is 41.2 Å². The zero-order valence-electron chi connectivity index (χ0n) is 19.0. The Hall–Kier alpha value is -4.18. The molecule has 0 unspecified atom stereocenters. The van der Waals surface area contributed by atoms with Crippen LogP contribution in [0.3, 0.4) is 0 Å². The molecule has 10 nitrogen and oxygen atoms in total. The highest BCUT2D eigenvalue weighted by atomic mass is 16.5. The number of carbonyl (C=O) groups excluding carboxylic acids is 2. The van der Waals surface area contributed by atoms with Gasteiger partial charge < -0.3 is 31.2 Å². The van der Waals surface area contributed by atoms with E-state index in [0.29, 0.717) is 70.7 Å². The molecule has 0 aliphatic carbocycles. The second kappa shape index (κ2) is 10.2. The molecule has 5 N–H and O–H groups in total. The molecule has 2 amide bonds. The SMILES string of the molecule is COc1ccc(Nc2ncc3c(n2)-c2cc(C(=O)NCCCN)ccc2NC(=O)C3)cc1OC. The Morgan fingerprint density at radius 1 is 1.15 bits per heavy atom. The molecule has 0 bridgehead atoms. The molecule has 176 valence electrons. The van der Waals surface area contributed by atoms with E-state index in [1.54, 1.807) is 50.7 Å². The van der Waals surface area contributed by atoms with Crippen molar-refractivity contribution in [2.75, 3.05) is 37.9 Å². The van der Waals surface area contributed by atoms with Crippen molar-refractivity contribution in [3.8, 4) is 22.8 Å². The molecule has 0 saturated heterocycles. The highest BCUT2D eigenvalue weighted by Crippen LogP contribution is 2.35. The minimum Gasteiger partial charge on any atom is -0.493 e. The summed E-state index contributed by atoms with van der Waals surface area (Å²) >= 11 is 0. The topological polar surface area (TPSA) is 140 Å². The maximum Gasteiger partial charge on any atom is 0.251 e. The first kappa shape index (κ1) is 23.0. The summed E-state index contributed by atoms with van der Waals surface area (Å²) in [4.78, 5) is 34.1. The minimum atomic E-state index is -0.217. The zero-order valence-corrected chi connectivity index (χ0v) is 19.0. The molecule has 2 aromatic carbocycles. The molecule has 1 aliphatic heterocycles. The number of carbonyl (C=O) groups is 2. The quantitative estimate of drug-likeness (QED) is 0.374. The summed E-state index contributed by atoms with van der Waals surface area (Å²) in [5, 5.41) is 8.88. The first-order valence-electron chi connectivity index (χ1n) is 10.8. The third-order valence-corrected chi connectivity index (χ3v) is 5.33. The van der Waals surface area contributed by atoms with Gasteiger partial charge in [-0.15, -0.1) is 0 Å². The molecule has 1 aliphatic rings. The van der Waals surface area contributed by atoms with Crippen molar-refractivity contribution in [1.29, 1.82) is 0 Å². The Labute approximate surface area is 196 Å². The zero-order chi connectivity index (χ0) is 24.1. The average molecular weight is 463 g/mol. The van der Waals surface area contributed by atoms with Gasteiger partial charge in [0.25, 0.3) is 5.91 Å². The lowest BCUT2D eigenvalue weighted by molar-refractivity contribution is -0.115. The summed E-state index contributed by atoms with van der Waals surface area (Å²) in [6, 6.07) is 10.5. The predicted octanol–water partition coefficient (Wildman–Crippen LogP) is 2.48. The van der Waals surface area contributed by atoms with Crippen molar-refractivity contribution < 1.29 is 19.1 Å². The largest absolute Gasteiger partial charge is 0.493 e. The van der Waals surface area contributed by atoms with Gasteiger partial charge in [-0.1, -0.05) is 0 Å². The number of amides is 2. The second-order valence-electron chi connectivity index (χ2n) is 7.65. The Kier molecular flexibility index (Phi) is 6.88. The number of anilines is 3. The summed E-state index contributed by atoms with van der Waals surface area (Å²) in [6.07, 6.45) is 2.43. The van der Waals surface area contributed by atoms with E-state index in [9.17, 15) is 9.59 Å². The minimum absolute atomic E-state index is 0.124. The van der Waals surface area contributed by atoms with Crippen LogP contribution in [0.2, 0.25) is 0 Å². The van der Waals surface area contributed by atoms with Gasteiger partial charge in [-0.05, 0) is 43.3 Å². The lowest BCUT2D eigenvalue weighted by atomic mass is 10.0. The normalized spacial score (nSPS) is 12.0. The lowest BCUT2D eigenvalue weighted by Crippen LogP contribution is -2.26. The molecule has 2 heterocycles. The van der Waals surface area contributed by atoms with Crippen molar-refractivity contribution >= 4 is 29.1 Å². The van der Waals surface area contributed by atoms with Gasteiger partial charge in [-0.2, -0.15) is 0 Å². The van der Waals surface area contributed by atoms with E-state index in [0.717, 1.165) is 0 Å². The summed E-state index contributed by atoms with van der Waals surface area (Å²) in [5.74, 6) is 1.11. The fourth-order valence-corrected chi connectivity index (χ4v) is 3.64. The van der Waals surface area contributed by atoms with Crippen LogP contribution in [0.25, 0.3) is 11.3 Å². The Bertz CT molecular complexity index is 1230. The van der Waals surface area contributed by atoms with Crippen LogP contribution in [0.1, 0.15) is 22.3 Å². The Morgan fingerprint density at radius 3 is 2.74 bits per heavy atom.